The van der Waals surface area contributed by atoms with Crippen LogP contribution in [-0.2, 0) is 4.74 Å². The van der Waals surface area contributed by atoms with Crippen molar-refractivity contribution in [3.8, 4) is 0 Å². The summed E-state index contributed by atoms with van der Waals surface area (Å²) in [5, 5.41) is 3.48. The van der Waals surface area contributed by atoms with Gasteiger partial charge in [0, 0.05) is 13.2 Å². The molecule has 0 aromatic carbocycles. The molecule has 0 spiro atoms. The quantitative estimate of drug-likeness (QED) is 0.494. The second-order valence-corrected chi connectivity index (χ2v) is 5.34. The van der Waals surface area contributed by atoms with Crippen LogP contribution in [0.25, 0.3) is 0 Å². The normalized spacial score (nSPS) is 11.3. The van der Waals surface area contributed by atoms with E-state index in [1.807, 2.05) is 0 Å². The van der Waals surface area contributed by atoms with Crippen molar-refractivity contribution in [3.63, 3.8) is 0 Å². The van der Waals surface area contributed by atoms with Gasteiger partial charge in [-0.05, 0) is 31.8 Å². The number of nitrogens with one attached hydrogen (secondary N) is 1. The molecule has 0 aliphatic carbocycles. The largest absolute Gasteiger partial charge is 0.381 e. The van der Waals surface area contributed by atoms with Crippen LogP contribution in [0.3, 0.4) is 0 Å². The third-order valence-corrected chi connectivity index (χ3v) is 2.80. The standard InChI is InChI=1S/C15H33NO/c1-4-5-6-7-8-9-11-16-12-10-13-17-14-15(2)3/h15-16H,4-14H2,1-3H3. The maximum absolute atomic E-state index is 5.53. The Bertz CT molecular complexity index is 137. The first-order valence-corrected chi connectivity index (χ1v) is 7.55. The van der Waals surface area contributed by atoms with Gasteiger partial charge in [-0.1, -0.05) is 52.9 Å². The van der Waals surface area contributed by atoms with E-state index in [0.717, 1.165) is 26.2 Å². The van der Waals surface area contributed by atoms with Crippen molar-refractivity contribution in [2.24, 2.45) is 5.92 Å². The lowest BCUT2D eigenvalue weighted by Crippen LogP contribution is -2.18. The van der Waals surface area contributed by atoms with Crippen LogP contribution < -0.4 is 5.32 Å². The van der Waals surface area contributed by atoms with Gasteiger partial charge in [-0.15, -0.1) is 0 Å². The Kier molecular flexibility index (Phi) is 13.9. The zero-order valence-electron chi connectivity index (χ0n) is 12.3. The molecule has 17 heavy (non-hydrogen) atoms. The fraction of sp³-hybridized carbons (Fsp3) is 1.00. The predicted molar refractivity (Wildman–Crippen MR) is 76.5 cm³/mol. The Morgan fingerprint density at radius 3 is 2.24 bits per heavy atom. The Morgan fingerprint density at radius 1 is 0.882 bits per heavy atom. The molecule has 0 bridgehead atoms. The smallest absolute Gasteiger partial charge is 0.0489 e. The molecule has 0 aliphatic rings. The summed E-state index contributed by atoms with van der Waals surface area (Å²) in [4.78, 5) is 0. The summed E-state index contributed by atoms with van der Waals surface area (Å²) in [7, 11) is 0. The van der Waals surface area contributed by atoms with Gasteiger partial charge < -0.3 is 10.1 Å². The highest BCUT2D eigenvalue weighted by molar-refractivity contribution is 4.50. The number of rotatable bonds is 13. The summed E-state index contributed by atoms with van der Waals surface area (Å²) < 4.78 is 5.53. The minimum atomic E-state index is 0.658. The van der Waals surface area contributed by atoms with E-state index in [0.29, 0.717) is 5.92 Å². The van der Waals surface area contributed by atoms with Crippen LogP contribution >= 0.6 is 0 Å². The van der Waals surface area contributed by atoms with Crippen molar-refractivity contribution >= 4 is 0 Å². The first-order valence-electron chi connectivity index (χ1n) is 7.55. The molecule has 0 radical (unpaired) electrons. The fourth-order valence-electron chi connectivity index (χ4n) is 1.77. The Hall–Kier alpha value is -0.0800. The first-order chi connectivity index (χ1) is 8.27. The zero-order valence-corrected chi connectivity index (χ0v) is 12.3. The van der Waals surface area contributed by atoms with E-state index >= 15 is 0 Å². The Labute approximate surface area is 109 Å². The van der Waals surface area contributed by atoms with Crippen LogP contribution in [0.1, 0.15) is 65.7 Å². The van der Waals surface area contributed by atoms with E-state index in [9.17, 15) is 0 Å². The van der Waals surface area contributed by atoms with Gasteiger partial charge >= 0.3 is 0 Å². The number of unbranched alkanes of at least 4 members (excludes halogenated alkanes) is 5. The van der Waals surface area contributed by atoms with Gasteiger partial charge in [0.2, 0.25) is 0 Å². The summed E-state index contributed by atoms with van der Waals surface area (Å²) in [6, 6.07) is 0. The van der Waals surface area contributed by atoms with Crippen LogP contribution in [0.15, 0.2) is 0 Å². The molecule has 0 saturated heterocycles. The lowest BCUT2D eigenvalue weighted by atomic mass is 10.1. The van der Waals surface area contributed by atoms with Crippen LogP contribution in [-0.4, -0.2) is 26.3 Å². The van der Waals surface area contributed by atoms with Crippen LogP contribution in [0, 0.1) is 5.92 Å². The van der Waals surface area contributed by atoms with Gasteiger partial charge in [-0.3, -0.25) is 0 Å². The van der Waals surface area contributed by atoms with Crippen molar-refractivity contribution in [1.82, 2.24) is 5.32 Å². The highest BCUT2D eigenvalue weighted by Gasteiger charge is 1.94. The highest BCUT2D eigenvalue weighted by atomic mass is 16.5. The summed E-state index contributed by atoms with van der Waals surface area (Å²) in [5.74, 6) is 0.658. The SMILES string of the molecule is CCCCCCCCNCCCOCC(C)C. The fourth-order valence-corrected chi connectivity index (χ4v) is 1.77. The van der Waals surface area contributed by atoms with Crippen LogP contribution in [0.2, 0.25) is 0 Å². The van der Waals surface area contributed by atoms with Gasteiger partial charge in [0.05, 0.1) is 0 Å². The second kappa shape index (κ2) is 14.0. The minimum Gasteiger partial charge on any atom is -0.381 e. The molecule has 0 aliphatic heterocycles. The molecule has 0 amide bonds. The number of ether oxygens (including phenoxy) is 1. The second-order valence-electron chi connectivity index (χ2n) is 5.34. The molecule has 0 aromatic rings. The molecule has 0 heterocycles. The van der Waals surface area contributed by atoms with Gasteiger partial charge in [0.15, 0.2) is 0 Å². The Balaban J connectivity index is 2.89. The molecule has 0 atom stereocenters. The van der Waals surface area contributed by atoms with E-state index in [4.69, 9.17) is 4.74 Å². The molecule has 0 aromatic heterocycles. The topological polar surface area (TPSA) is 21.3 Å². The summed E-state index contributed by atoms with van der Waals surface area (Å²) in [6.07, 6.45) is 9.43. The van der Waals surface area contributed by atoms with Crippen molar-refractivity contribution in [2.75, 3.05) is 26.3 Å². The molecular formula is C15H33NO. The molecular weight excluding hydrogens is 210 g/mol. The van der Waals surface area contributed by atoms with Crippen LogP contribution in [0.5, 0.6) is 0 Å². The maximum atomic E-state index is 5.53. The molecule has 0 fully saturated rings. The van der Waals surface area contributed by atoms with Gasteiger partial charge in [-0.25, -0.2) is 0 Å². The van der Waals surface area contributed by atoms with Crippen LogP contribution in [0.4, 0.5) is 0 Å². The summed E-state index contributed by atoms with van der Waals surface area (Å²) >= 11 is 0. The zero-order chi connectivity index (χ0) is 12.8. The first kappa shape index (κ1) is 16.9. The summed E-state index contributed by atoms with van der Waals surface area (Å²) in [6.45, 7) is 10.7. The molecule has 1 N–H and O–H groups in total. The van der Waals surface area contributed by atoms with Gasteiger partial charge in [-0.2, -0.15) is 0 Å². The molecule has 2 heteroatoms. The van der Waals surface area contributed by atoms with E-state index < -0.39 is 0 Å². The van der Waals surface area contributed by atoms with Crippen molar-refractivity contribution in [2.45, 2.75) is 65.7 Å². The maximum Gasteiger partial charge on any atom is 0.0489 e. The van der Waals surface area contributed by atoms with Gasteiger partial charge in [0.1, 0.15) is 0 Å². The van der Waals surface area contributed by atoms with E-state index in [-0.39, 0.29) is 0 Å². The third-order valence-electron chi connectivity index (χ3n) is 2.80. The molecule has 2 nitrogen and oxygen atoms in total. The number of hydrogen-bond acceptors (Lipinski definition) is 2. The highest BCUT2D eigenvalue weighted by Crippen LogP contribution is 2.03. The Morgan fingerprint density at radius 2 is 1.53 bits per heavy atom. The van der Waals surface area contributed by atoms with Gasteiger partial charge in [0.25, 0.3) is 0 Å². The molecule has 0 rings (SSSR count). The average Bonchev–Trinajstić information content (AvgIpc) is 2.30. The molecule has 104 valence electrons. The lowest BCUT2D eigenvalue weighted by Gasteiger charge is -2.07. The number of hydrogen-bond donors (Lipinski definition) is 1. The van der Waals surface area contributed by atoms with E-state index in [2.05, 4.69) is 26.1 Å². The van der Waals surface area contributed by atoms with E-state index in [1.54, 1.807) is 0 Å². The molecule has 0 unspecified atom stereocenters. The average molecular weight is 243 g/mol. The van der Waals surface area contributed by atoms with Crippen molar-refractivity contribution in [1.29, 1.82) is 0 Å². The summed E-state index contributed by atoms with van der Waals surface area (Å²) in [5.41, 5.74) is 0. The predicted octanol–water partition coefficient (Wildman–Crippen LogP) is 4.00. The monoisotopic (exact) mass is 243 g/mol. The van der Waals surface area contributed by atoms with Crippen molar-refractivity contribution < 1.29 is 4.74 Å². The minimum absolute atomic E-state index is 0.658. The van der Waals surface area contributed by atoms with E-state index in [1.165, 1.54) is 45.1 Å². The lowest BCUT2D eigenvalue weighted by molar-refractivity contribution is 0.108. The van der Waals surface area contributed by atoms with Crippen molar-refractivity contribution in [3.05, 3.63) is 0 Å². The third kappa shape index (κ3) is 15.9. The molecule has 0 saturated carbocycles.